The molecule has 28 heavy (non-hydrogen) atoms. The fourth-order valence-electron chi connectivity index (χ4n) is 3.78. The zero-order chi connectivity index (χ0) is 19.5. The number of piperidine rings is 1. The molecule has 0 saturated carbocycles. The van der Waals surface area contributed by atoms with Crippen molar-refractivity contribution in [2.45, 2.75) is 25.3 Å². The first-order valence-corrected chi connectivity index (χ1v) is 9.24. The van der Waals surface area contributed by atoms with E-state index in [4.69, 9.17) is 5.11 Å². The number of aromatic nitrogens is 4. The summed E-state index contributed by atoms with van der Waals surface area (Å²) < 4.78 is 1.51. The lowest BCUT2D eigenvalue weighted by Crippen LogP contribution is -2.39. The van der Waals surface area contributed by atoms with Crippen molar-refractivity contribution in [1.82, 2.24) is 24.9 Å². The van der Waals surface area contributed by atoms with E-state index in [2.05, 4.69) is 15.3 Å². The molecule has 8 nitrogen and oxygen atoms in total. The summed E-state index contributed by atoms with van der Waals surface area (Å²) in [7, 11) is 0. The van der Waals surface area contributed by atoms with Crippen LogP contribution in [0.1, 0.15) is 34.8 Å². The molecule has 1 aliphatic rings. The molecule has 2 aromatic heterocycles. The number of aromatic amines is 1. The summed E-state index contributed by atoms with van der Waals surface area (Å²) in [5.74, 6) is -0.860. The van der Waals surface area contributed by atoms with Gasteiger partial charge in [-0.25, -0.2) is 0 Å². The van der Waals surface area contributed by atoms with Crippen LogP contribution in [0.3, 0.4) is 0 Å². The fourth-order valence-corrected chi connectivity index (χ4v) is 3.78. The van der Waals surface area contributed by atoms with E-state index in [9.17, 15) is 9.59 Å². The maximum Gasteiger partial charge on any atom is 0.325 e. The molecule has 1 aliphatic heterocycles. The maximum absolute atomic E-state index is 13.1. The highest BCUT2D eigenvalue weighted by atomic mass is 16.4. The number of H-pyrrole nitrogens is 1. The third kappa shape index (κ3) is 3.66. The van der Waals surface area contributed by atoms with E-state index in [0.717, 1.165) is 29.7 Å². The number of hydrogen-bond acceptors (Lipinski definition) is 4. The number of amides is 1. The van der Waals surface area contributed by atoms with Gasteiger partial charge in [0.2, 0.25) is 0 Å². The SMILES string of the molecule is O=C(O)Cn1nccc1[C@@H]1CCCN(C(=O)c2cccc(-c3cn[nH]c3)c2)C1. The number of nitrogens with zero attached hydrogens (tertiary/aromatic N) is 4. The minimum absolute atomic E-state index is 0.0145. The van der Waals surface area contributed by atoms with Crippen molar-refractivity contribution in [3.05, 3.63) is 60.2 Å². The van der Waals surface area contributed by atoms with Crippen LogP contribution in [0.15, 0.2) is 48.9 Å². The molecule has 1 fully saturated rings. The van der Waals surface area contributed by atoms with Gasteiger partial charge in [-0.05, 0) is 36.6 Å². The topological polar surface area (TPSA) is 104 Å². The molecule has 1 amide bonds. The molecule has 0 radical (unpaired) electrons. The number of likely N-dealkylation sites (tertiary alicyclic amines) is 1. The largest absolute Gasteiger partial charge is 0.480 e. The second-order valence-electron chi connectivity index (χ2n) is 6.97. The second-order valence-corrected chi connectivity index (χ2v) is 6.97. The summed E-state index contributed by atoms with van der Waals surface area (Å²) in [6.07, 6.45) is 6.92. The average Bonchev–Trinajstić information content (AvgIpc) is 3.39. The molecule has 0 bridgehead atoms. The van der Waals surface area contributed by atoms with E-state index in [1.54, 1.807) is 18.6 Å². The molecular weight excluding hydrogens is 358 g/mol. The van der Waals surface area contributed by atoms with Crippen LogP contribution in [-0.2, 0) is 11.3 Å². The minimum Gasteiger partial charge on any atom is -0.480 e. The number of rotatable bonds is 5. The average molecular weight is 379 g/mol. The van der Waals surface area contributed by atoms with Crippen LogP contribution in [0.25, 0.3) is 11.1 Å². The zero-order valence-electron chi connectivity index (χ0n) is 15.3. The van der Waals surface area contributed by atoms with Crippen molar-refractivity contribution in [2.24, 2.45) is 0 Å². The number of carbonyl (C=O) groups excluding carboxylic acids is 1. The molecular formula is C20H21N5O3. The van der Waals surface area contributed by atoms with Gasteiger partial charge in [-0.3, -0.25) is 19.4 Å². The third-order valence-corrected chi connectivity index (χ3v) is 5.10. The summed E-state index contributed by atoms with van der Waals surface area (Å²) in [4.78, 5) is 26.0. The van der Waals surface area contributed by atoms with Crippen LogP contribution in [0, 0.1) is 0 Å². The molecule has 0 aliphatic carbocycles. The quantitative estimate of drug-likeness (QED) is 0.708. The van der Waals surface area contributed by atoms with Gasteiger partial charge < -0.3 is 10.0 Å². The number of carboxylic acid groups (broad SMARTS) is 1. The summed E-state index contributed by atoms with van der Waals surface area (Å²) in [6, 6.07) is 9.38. The molecule has 8 heteroatoms. The molecule has 144 valence electrons. The van der Waals surface area contributed by atoms with E-state index in [1.807, 2.05) is 35.2 Å². The fraction of sp³-hybridized carbons (Fsp3) is 0.300. The van der Waals surface area contributed by atoms with Gasteiger partial charge in [0.1, 0.15) is 6.54 Å². The van der Waals surface area contributed by atoms with Crippen molar-refractivity contribution in [3.63, 3.8) is 0 Å². The van der Waals surface area contributed by atoms with Crippen LogP contribution < -0.4 is 0 Å². The Morgan fingerprint density at radius 2 is 2.14 bits per heavy atom. The number of aliphatic carboxylic acids is 1. The van der Waals surface area contributed by atoms with Gasteiger partial charge in [-0.1, -0.05) is 12.1 Å². The van der Waals surface area contributed by atoms with Gasteiger partial charge in [0.05, 0.1) is 6.20 Å². The predicted octanol–water partition coefficient (Wildman–Crippen LogP) is 2.38. The molecule has 1 atom stereocenters. The number of benzene rings is 1. The normalized spacial score (nSPS) is 16.9. The zero-order valence-corrected chi connectivity index (χ0v) is 15.3. The monoisotopic (exact) mass is 379 g/mol. The van der Waals surface area contributed by atoms with E-state index < -0.39 is 5.97 Å². The molecule has 4 rings (SSSR count). The lowest BCUT2D eigenvalue weighted by molar-refractivity contribution is -0.137. The molecule has 2 N–H and O–H groups in total. The Hall–Kier alpha value is -3.42. The Balaban J connectivity index is 1.52. The first-order chi connectivity index (χ1) is 13.6. The van der Waals surface area contributed by atoms with Gasteiger partial charge >= 0.3 is 5.97 Å². The lowest BCUT2D eigenvalue weighted by Gasteiger charge is -2.33. The van der Waals surface area contributed by atoms with Gasteiger partial charge in [-0.15, -0.1) is 0 Å². The standard InChI is InChI=1S/C20H21N5O3/c26-19(27)13-25-18(6-7-23-25)16-5-2-8-24(12-16)20(28)15-4-1-3-14(9-15)17-10-21-22-11-17/h1,3-4,6-7,9-11,16H,2,5,8,12-13H2,(H,21,22)(H,26,27)/t16-/m1/s1. The van der Waals surface area contributed by atoms with Crippen LogP contribution in [0.4, 0.5) is 0 Å². The smallest absolute Gasteiger partial charge is 0.325 e. The van der Waals surface area contributed by atoms with Crippen LogP contribution in [0.5, 0.6) is 0 Å². The Labute approximate surface area is 161 Å². The Morgan fingerprint density at radius 1 is 1.25 bits per heavy atom. The summed E-state index contributed by atoms with van der Waals surface area (Å²) in [5, 5.41) is 19.9. The van der Waals surface area contributed by atoms with Crippen molar-refractivity contribution >= 4 is 11.9 Å². The van der Waals surface area contributed by atoms with Gasteiger partial charge in [0, 0.05) is 48.2 Å². The molecule has 1 saturated heterocycles. The molecule has 0 spiro atoms. The first kappa shape index (κ1) is 18.0. The Morgan fingerprint density at radius 3 is 2.93 bits per heavy atom. The minimum atomic E-state index is -0.926. The van der Waals surface area contributed by atoms with Crippen molar-refractivity contribution < 1.29 is 14.7 Å². The van der Waals surface area contributed by atoms with Crippen molar-refractivity contribution in [3.8, 4) is 11.1 Å². The number of carboxylic acids is 1. The van der Waals surface area contributed by atoms with E-state index >= 15 is 0 Å². The highest BCUT2D eigenvalue weighted by molar-refractivity contribution is 5.95. The number of nitrogens with one attached hydrogen (secondary N) is 1. The lowest BCUT2D eigenvalue weighted by atomic mass is 9.94. The highest BCUT2D eigenvalue weighted by Gasteiger charge is 2.28. The number of carbonyl (C=O) groups is 2. The van der Waals surface area contributed by atoms with Crippen LogP contribution in [0.2, 0.25) is 0 Å². The molecule has 0 unspecified atom stereocenters. The molecule has 3 heterocycles. The molecule has 3 aromatic rings. The third-order valence-electron chi connectivity index (χ3n) is 5.10. The first-order valence-electron chi connectivity index (χ1n) is 9.24. The summed E-state index contributed by atoms with van der Waals surface area (Å²) in [6.45, 7) is 1.08. The van der Waals surface area contributed by atoms with Crippen molar-refractivity contribution in [1.29, 1.82) is 0 Å². The maximum atomic E-state index is 13.1. The van der Waals surface area contributed by atoms with Crippen LogP contribution in [-0.4, -0.2) is 55.0 Å². The highest BCUT2D eigenvalue weighted by Crippen LogP contribution is 2.28. The summed E-state index contributed by atoms with van der Waals surface area (Å²) >= 11 is 0. The van der Waals surface area contributed by atoms with Gasteiger partial charge in [0.25, 0.3) is 5.91 Å². The van der Waals surface area contributed by atoms with Crippen LogP contribution >= 0.6 is 0 Å². The Bertz CT molecular complexity index is 979. The van der Waals surface area contributed by atoms with E-state index in [1.165, 1.54) is 4.68 Å². The summed E-state index contributed by atoms with van der Waals surface area (Å²) in [5.41, 5.74) is 3.38. The molecule has 1 aromatic carbocycles. The second kappa shape index (κ2) is 7.67. The van der Waals surface area contributed by atoms with Crippen molar-refractivity contribution in [2.75, 3.05) is 13.1 Å². The Kier molecular flexibility index (Phi) is 4.92. The van der Waals surface area contributed by atoms with Gasteiger partial charge in [-0.2, -0.15) is 10.2 Å². The van der Waals surface area contributed by atoms with Gasteiger partial charge in [0.15, 0.2) is 0 Å². The van der Waals surface area contributed by atoms with E-state index in [0.29, 0.717) is 18.7 Å². The predicted molar refractivity (Wildman–Crippen MR) is 102 cm³/mol. The van der Waals surface area contributed by atoms with E-state index in [-0.39, 0.29) is 18.4 Å². The number of hydrogen-bond donors (Lipinski definition) is 2.